The van der Waals surface area contributed by atoms with Crippen LogP contribution >= 0.6 is 11.8 Å². The first-order chi connectivity index (χ1) is 7.20. The number of aromatic nitrogens is 1. The fourth-order valence-electron chi connectivity index (χ4n) is 1.08. The number of thioether (sulfide) groups is 1. The zero-order valence-electron chi connectivity index (χ0n) is 8.26. The molecule has 1 aromatic rings. The Labute approximate surface area is 92.5 Å². The van der Waals surface area contributed by atoms with E-state index in [0.717, 1.165) is 16.9 Å². The lowest BCUT2D eigenvalue weighted by atomic mass is 10.3. The Kier molecular flexibility index (Phi) is 4.97. The highest BCUT2D eigenvalue weighted by Crippen LogP contribution is 2.14. The van der Waals surface area contributed by atoms with Crippen molar-refractivity contribution in [3.63, 3.8) is 0 Å². The smallest absolute Gasteiger partial charge is 0.303 e. The van der Waals surface area contributed by atoms with Crippen LogP contribution in [0.4, 0.5) is 0 Å². The molecule has 0 aliphatic heterocycles. The standard InChI is InChI=1S/C10H13NO3S/c12-10(13)6-2-4-8-15-9-5-1-3-7-11(9)14/h1,3,5,7H,2,4,6,8H2,(H,12,13). The van der Waals surface area contributed by atoms with Gasteiger partial charge in [0.05, 0.1) is 0 Å². The average molecular weight is 227 g/mol. The molecule has 1 N–H and O–H groups in total. The van der Waals surface area contributed by atoms with E-state index < -0.39 is 5.97 Å². The molecule has 0 aliphatic carbocycles. The Hall–Kier alpha value is -1.23. The van der Waals surface area contributed by atoms with Crippen LogP contribution in [0.5, 0.6) is 0 Å². The third-order valence-electron chi connectivity index (χ3n) is 1.82. The first-order valence-electron chi connectivity index (χ1n) is 4.73. The van der Waals surface area contributed by atoms with E-state index in [1.807, 2.05) is 6.07 Å². The Morgan fingerprint density at radius 1 is 1.47 bits per heavy atom. The lowest BCUT2D eigenvalue weighted by molar-refractivity contribution is -0.645. The number of hydrogen-bond acceptors (Lipinski definition) is 3. The first-order valence-corrected chi connectivity index (χ1v) is 5.71. The second kappa shape index (κ2) is 6.29. The molecule has 5 heteroatoms. The Morgan fingerprint density at radius 2 is 2.27 bits per heavy atom. The summed E-state index contributed by atoms with van der Waals surface area (Å²) in [5.74, 6) is 0.0121. The second-order valence-electron chi connectivity index (χ2n) is 3.06. The summed E-state index contributed by atoms with van der Waals surface area (Å²) in [6.07, 6.45) is 3.13. The van der Waals surface area contributed by atoms with Gasteiger partial charge < -0.3 is 10.3 Å². The summed E-state index contributed by atoms with van der Waals surface area (Å²) in [6.45, 7) is 0. The minimum atomic E-state index is -0.765. The zero-order chi connectivity index (χ0) is 11.1. The Bertz CT molecular complexity index is 330. The molecule has 0 fully saturated rings. The zero-order valence-corrected chi connectivity index (χ0v) is 9.07. The van der Waals surface area contributed by atoms with E-state index in [1.54, 1.807) is 12.1 Å². The Balaban J connectivity index is 2.21. The minimum absolute atomic E-state index is 0.201. The van der Waals surface area contributed by atoms with Crippen molar-refractivity contribution in [2.75, 3.05) is 5.75 Å². The van der Waals surface area contributed by atoms with Gasteiger partial charge in [0.1, 0.15) is 0 Å². The van der Waals surface area contributed by atoms with Crippen molar-refractivity contribution in [3.05, 3.63) is 29.6 Å². The lowest BCUT2D eigenvalue weighted by Gasteiger charge is -2.02. The van der Waals surface area contributed by atoms with Gasteiger partial charge >= 0.3 is 5.97 Å². The number of rotatable bonds is 6. The van der Waals surface area contributed by atoms with Crippen LogP contribution in [0, 0.1) is 5.21 Å². The number of carbonyl (C=O) groups is 1. The summed E-state index contributed by atoms with van der Waals surface area (Å²) < 4.78 is 0.821. The fourth-order valence-corrected chi connectivity index (χ4v) is 2.00. The molecule has 1 aromatic heterocycles. The van der Waals surface area contributed by atoms with Crippen LogP contribution in [-0.2, 0) is 4.79 Å². The third kappa shape index (κ3) is 4.69. The monoisotopic (exact) mass is 227 g/mol. The summed E-state index contributed by atoms with van der Waals surface area (Å²) in [4.78, 5) is 10.2. The highest BCUT2D eigenvalue weighted by Gasteiger charge is 2.03. The van der Waals surface area contributed by atoms with Gasteiger partial charge in [-0.15, -0.1) is 0 Å². The fraction of sp³-hybridized carbons (Fsp3) is 0.400. The van der Waals surface area contributed by atoms with Gasteiger partial charge in [0.25, 0.3) is 5.03 Å². The molecule has 15 heavy (non-hydrogen) atoms. The molecule has 0 radical (unpaired) electrons. The second-order valence-corrected chi connectivity index (χ2v) is 4.18. The molecule has 0 unspecified atom stereocenters. The van der Waals surface area contributed by atoms with Crippen molar-refractivity contribution in [3.8, 4) is 0 Å². The number of pyridine rings is 1. The van der Waals surface area contributed by atoms with E-state index in [-0.39, 0.29) is 6.42 Å². The van der Waals surface area contributed by atoms with Crippen LogP contribution in [0.25, 0.3) is 0 Å². The van der Waals surface area contributed by atoms with Crippen LogP contribution in [0.3, 0.4) is 0 Å². The lowest BCUT2D eigenvalue weighted by Crippen LogP contribution is -2.27. The summed E-state index contributed by atoms with van der Waals surface area (Å²) in [7, 11) is 0. The average Bonchev–Trinajstić information content (AvgIpc) is 2.20. The van der Waals surface area contributed by atoms with Crippen molar-refractivity contribution in [2.45, 2.75) is 24.3 Å². The normalized spacial score (nSPS) is 10.1. The molecule has 82 valence electrons. The number of carboxylic acids is 1. The van der Waals surface area contributed by atoms with Gasteiger partial charge in [0.15, 0.2) is 6.20 Å². The van der Waals surface area contributed by atoms with Crippen LogP contribution in [0.15, 0.2) is 29.4 Å². The first kappa shape index (κ1) is 11.8. The van der Waals surface area contributed by atoms with E-state index in [0.29, 0.717) is 11.4 Å². The molecule has 1 rings (SSSR count). The van der Waals surface area contributed by atoms with Gasteiger partial charge in [-0.3, -0.25) is 4.79 Å². The van der Waals surface area contributed by atoms with Gasteiger partial charge in [0, 0.05) is 24.3 Å². The number of hydrogen-bond donors (Lipinski definition) is 1. The van der Waals surface area contributed by atoms with Crippen molar-refractivity contribution in [1.29, 1.82) is 0 Å². The molecule has 0 atom stereocenters. The molecule has 0 aliphatic rings. The highest BCUT2D eigenvalue weighted by atomic mass is 32.2. The van der Waals surface area contributed by atoms with E-state index in [2.05, 4.69) is 0 Å². The molecule has 4 nitrogen and oxygen atoms in total. The molecule has 0 bridgehead atoms. The molecule has 0 saturated heterocycles. The van der Waals surface area contributed by atoms with Crippen LogP contribution in [0.1, 0.15) is 19.3 Å². The predicted octanol–water partition coefficient (Wildman–Crippen LogP) is 1.67. The molecule has 0 saturated carbocycles. The van der Waals surface area contributed by atoms with Crippen LogP contribution in [-0.4, -0.2) is 16.8 Å². The third-order valence-corrected chi connectivity index (χ3v) is 2.93. The maximum atomic E-state index is 11.2. The van der Waals surface area contributed by atoms with Gasteiger partial charge in [-0.05, 0) is 18.9 Å². The van der Waals surface area contributed by atoms with Crippen LogP contribution < -0.4 is 4.73 Å². The van der Waals surface area contributed by atoms with Gasteiger partial charge in [-0.25, -0.2) is 0 Å². The van der Waals surface area contributed by atoms with E-state index in [9.17, 15) is 10.0 Å². The number of aliphatic carboxylic acids is 1. The van der Waals surface area contributed by atoms with E-state index in [1.165, 1.54) is 18.0 Å². The van der Waals surface area contributed by atoms with E-state index >= 15 is 0 Å². The van der Waals surface area contributed by atoms with Crippen LogP contribution in [0.2, 0.25) is 0 Å². The highest BCUT2D eigenvalue weighted by molar-refractivity contribution is 7.99. The molecular weight excluding hydrogens is 214 g/mol. The summed E-state index contributed by atoms with van der Waals surface area (Å²) >= 11 is 1.46. The minimum Gasteiger partial charge on any atom is -0.618 e. The number of nitrogens with zero attached hydrogens (tertiary/aromatic N) is 1. The number of unbranched alkanes of at least 4 members (excludes halogenated alkanes) is 1. The Morgan fingerprint density at radius 3 is 2.93 bits per heavy atom. The van der Waals surface area contributed by atoms with Gasteiger partial charge in [-0.2, -0.15) is 4.73 Å². The summed E-state index contributed by atoms with van der Waals surface area (Å²) in [5.41, 5.74) is 0. The molecule has 0 amide bonds. The topological polar surface area (TPSA) is 64.2 Å². The van der Waals surface area contributed by atoms with Gasteiger partial charge in [0.2, 0.25) is 0 Å². The summed E-state index contributed by atoms with van der Waals surface area (Å²) in [5, 5.41) is 20.3. The molecule has 1 heterocycles. The molecule has 0 aromatic carbocycles. The van der Waals surface area contributed by atoms with Crippen molar-refractivity contribution >= 4 is 17.7 Å². The molecular formula is C10H13NO3S. The van der Waals surface area contributed by atoms with Crippen molar-refractivity contribution < 1.29 is 14.6 Å². The largest absolute Gasteiger partial charge is 0.618 e. The van der Waals surface area contributed by atoms with Crippen molar-refractivity contribution in [2.24, 2.45) is 0 Å². The number of carboxylic acid groups (broad SMARTS) is 1. The van der Waals surface area contributed by atoms with E-state index in [4.69, 9.17) is 5.11 Å². The predicted molar refractivity (Wildman–Crippen MR) is 57.6 cm³/mol. The maximum absolute atomic E-state index is 11.2. The maximum Gasteiger partial charge on any atom is 0.303 e. The summed E-state index contributed by atoms with van der Waals surface area (Å²) in [6, 6.07) is 5.25. The SMILES string of the molecule is O=C(O)CCCCSc1cccc[n+]1[O-]. The van der Waals surface area contributed by atoms with Crippen molar-refractivity contribution in [1.82, 2.24) is 0 Å². The quantitative estimate of drug-likeness (QED) is 0.347. The molecule has 0 spiro atoms. The van der Waals surface area contributed by atoms with Gasteiger partial charge in [-0.1, -0.05) is 11.8 Å².